The summed E-state index contributed by atoms with van der Waals surface area (Å²) in [6.07, 6.45) is -1.84. The molecule has 0 aliphatic rings. The first kappa shape index (κ1) is 35.0. The number of nitrogens with zero attached hydrogens (tertiary/aromatic N) is 1. The summed E-state index contributed by atoms with van der Waals surface area (Å²) < 4.78 is 36.1. The summed E-state index contributed by atoms with van der Waals surface area (Å²) in [5.41, 5.74) is 9.45. The standard InChI is InChI=1S/C14H14.C11H20N2O.C9H7F3O/c1-12(13-8-4-2-5-9-13)14-10-6-3-7-11-14;1-5-7-10(8(3)14)11(6-2)13-9(4)12;1-6(13)7-2-4-8(5-3-7)9(10,11)12/h2-12H,1H3;5-7H2,1-4H3,(H2,12,13);2-5H,1H3/b;11-10-;. The number of benzene rings is 3. The predicted molar refractivity (Wildman–Crippen MR) is 162 cm³/mol. The van der Waals surface area contributed by atoms with Crippen molar-refractivity contribution in [2.75, 3.05) is 0 Å². The van der Waals surface area contributed by atoms with Crippen LogP contribution in [0.4, 0.5) is 13.2 Å². The molecule has 41 heavy (non-hydrogen) atoms. The van der Waals surface area contributed by atoms with Crippen LogP contribution in [-0.4, -0.2) is 17.4 Å². The zero-order chi connectivity index (χ0) is 31.0. The molecule has 0 fully saturated rings. The van der Waals surface area contributed by atoms with Crippen molar-refractivity contribution in [3.63, 3.8) is 0 Å². The van der Waals surface area contributed by atoms with Crippen molar-refractivity contribution in [3.05, 3.63) is 118 Å². The number of hydrogen-bond acceptors (Lipinski definition) is 3. The second-order valence-corrected chi connectivity index (χ2v) is 9.51. The largest absolute Gasteiger partial charge is 0.416 e. The quantitative estimate of drug-likeness (QED) is 0.128. The van der Waals surface area contributed by atoms with Gasteiger partial charge < -0.3 is 5.73 Å². The Hall–Kier alpha value is -4.00. The fraction of sp³-hybridized carbons (Fsp3) is 0.324. The fourth-order valence-corrected chi connectivity index (χ4v) is 3.92. The number of halogens is 3. The lowest BCUT2D eigenvalue weighted by atomic mass is 9.93. The fourth-order valence-electron chi connectivity index (χ4n) is 3.92. The highest BCUT2D eigenvalue weighted by atomic mass is 19.4. The number of ketones is 2. The van der Waals surface area contributed by atoms with Gasteiger partial charge >= 0.3 is 6.18 Å². The van der Waals surface area contributed by atoms with Crippen LogP contribution in [0.5, 0.6) is 0 Å². The minimum Gasteiger partial charge on any atom is -0.387 e. The van der Waals surface area contributed by atoms with Gasteiger partial charge in [-0.25, -0.2) is 4.99 Å². The van der Waals surface area contributed by atoms with E-state index in [2.05, 4.69) is 79.5 Å². The Bertz CT molecular complexity index is 1240. The topological polar surface area (TPSA) is 72.5 Å². The number of amidine groups is 1. The van der Waals surface area contributed by atoms with Gasteiger partial charge in [-0.2, -0.15) is 13.2 Å². The molecule has 0 aliphatic heterocycles. The summed E-state index contributed by atoms with van der Waals surface area (Å²) in [7, 11) is 0. The molecule has 0 atom stereocenters. The Balaban J connectivity index is 0.000000308. The third-order valence-corrected chi connectivity index (χ3v) is 6.14. The molecule has 0 aromatic heterocycles. The average Bonchev–Trinajstić information content (AvgIpc) is 2.95. The van der Waals surface area contributed by atoms with E-state index in [1.807, 2.05) is 6.92 Å². The van der Waals surface area contributed by atoms with Crippen LogP contribution in [0.25, 0.3) is 0 Å². The van der Waals surface area contributed by atoms with E-state index in [9.17, 15) is 22.8 Å². The number of carbonyl (C=O) groups excluding carboxylic acids is 2. The van der Waals surface area contributed by atoms with Crippen LogP contribution in [-0.2, 0) is 11.0 Å². The number of rotatable bonds is 8. The van der Waals surface area contributed by atoms with Crippen LogP contribution in [0.15, 0.2) is 101 Å². The Morgan fingerprint density at radius 3 is 1.59 bits per heavy atom. The molecule has 0 saturated carbocycles. The summed E-state index contributed by atoms with van der Waals surface area (Å²) in [6, 6.07) is 25.3. The average molecular weight is 567 g/mol. The maximum atomic E-state index is 12.0. The Labute approximate surface area is 242 Å². The van der Waals surface area contributed by atoms with Gasteiger partial charge in [0.05, 0.1) is 11.4 Å². The normalized spacial score (nSPS) is 11.9. The molecule has 0 radical (unpaired) electrons. The first-order valence-corrected chi connectivity index (χ1v) is 13.6. The second kappa shape index (κ2) is 17.6. The van der Waals surface area contributed by atoms with E-state index >= 15 is 0 Å². The molecule has 3 aromatic carbocycles. The van der Waals surface area contributed by atoms with Crippen molar-refractivity contribution >= 4 is 17.4 Å². The maximum Gasteiger partial charge on any atom is 0.416 e. The zero-order valence-electron chi connectivity index (χ0n) is 24.8. The van der Waals surface area contributed by atoms with Gasteiger partial charge in [0.25, 0.3) is 0 Å². The van der Waals surface area contributed by atoms with Gasteiger partial charge in [0, 0.05) is 22.8 Å². The Kier molecular flexibility index (Phi) is 15.1. The lowest BCUT2D eigenvalue weighted by Gasteiger charge is -2.11. The van der Waals surface area contributed by atoms with E-state index < -0.39 is 11.7 Å². The van der Waals surface area contributed by atoms with Crippen molar-refractivity contribution in [1.82, 2.24) is 0 Å². The summed E-state index contributed by atoms with van der Waals surface area (Å²) in [4.78, 5) is 26.3. The van der Waals surface area contributed by atoms with Crippen LogP contribution in [0, 0.1) is 0 Å². The van der Waals surface area contributed by atoms with Crippen molar-refractivity contribution in [1.29, 1.82) is 0 Å². The van der Waals surface area contributed by atoms with Gasteiger partial charge in [-0.1, -0.05) is 100.0 Å². The highest BCUT2D eigenvalue weighted by molar-refractivity contribution is 5.94. The van der Waals surface area contributed by atoms with E-state index in [1.165, 1.54) is 30.2 Å². The summed E-state index contributed by atoms with van der Waals surface area (Å²) in [5, 5.41) is 0. The molecular weight excluding hydrogens is 525 g/mol. The minimum absolute atomic E-state index is 0.105. The van der Waals surface area contributed by atoms with Crippen LogP contribution < -0.4 is 5.73 Å². The lowest BCUT2D eigenvalue weighted by Crippen LogP contribution is -2.08. The molecule has 0 amide bonds. The molecule has 0 bridgehead atoms. The predicted octanol–water partition coefficient (Wildman–Crippen LogP) is 9.16. The zero-order valence-corrected chi connectivity index (χ0v) is 24.8. The second-order valence-electron chi connectivity index (χ2n) is 9.51. The van der Waals surface area contributed by atoms with Gasteiger partial charge in [-0.05, 0) is 56.9 Å². The van der Waals surface area contributed by atoms with Gasteiger partial charge in [0.1, 0.15) is 0 Å². The van der Waals surface area contributed by atoms with Crippen LogP contribution in [0.2, 0.25) is 0 Å². The SMILES string of the molecule is CC(=O)c1ccc(C(F)(F)F)cc1.CC(c1ccccc1)c1ccccc1.CCC/C(C(C)=O)=C(\CC)N=C(C)N. The van der Waals surface area contributed by atoms with Crippen molar-refractivity contribution in [3.8, 4) is 0 Å². The van der Waals surface area contributed by atoms with Crippen molar-refractivity contribution < 1.29 is 22.8 Å². The molecule has 3 aromatic rings. The van der Waals surface area contributed by atoms with Gasteiger partial charge in [-0.15, -0.1) is 0 Å². The minimum atomic E-state index is -4.34. The molecule has 0 spiro atoms. The molecule has 3 rings (SSSR count). The summed E-state index contributed by atoms with van der Waals surface area (Å²) in [5.74, 6) is 0.858. The number of allylic oxidation sites excluding steroid dienone is 2. The van der Waals surface area contributed by atoms with Gasteiger partial charge in [0.15, 0.2) is 11.6 Å². The van der Waals surface area contributed by atoms with E-state index in [1.54, 1.807) is 13.8 Å². The first-order valence-electron chi connectivity index (χ1n) is 13.6. The van der Waals surface area contributed by atoms with Crippen LogP contribution in [0.3, 0.4) is 0 Å². The van der Waals surface area contributed by atoms with Crippen LogP contribution in [0.1, 0.15) is 93.8 Å². The molecule has 7 heteroatoms. The number of alkyl halides is 3. The van der Waals surface area contributed by atoms with E-state index in [0.717, 1.165) is 42.7 Å². The molecule has 2 N–H and O–H groups in total. The summed E-state index contributed by atoms with van der Waals surface area (Å²) in [6.45, 7) is 10.9. The number of nitrogens with two attached hydrogens (primary N) is 1. The third kappa shape index (κ3) is 12.8. The molecule has 0 unspecified atom stereocenters. The number of Topliss-reactive ketones (excluding diaryl/α,β-unsaturated/α-hetero) is 2. The number of hydrogen-bond donors (Lipinski definition) is 1. The number of carbonyl (C=O) groups is 2. The van der Waals surface area contributed by atoms with E-state index in [4.69, 9.17) is 5.73 Å². The summed E-state index contributed by atoms with van der Waals surface area (Å²) >= 11 is 0. The highest BCUT2D eigenvalue weighted by Crippen LogP contribution is 2.29. The van der Waals surface area contributed by atoms with Gasteiger partial charge in [0.2, 0.25) is 0 Å². The molecule has 220 valence electrons. The Morgan fingerprint density at radius 1 is 0.805 bits per heavy atom. The van der Waals surface area contributed by atoms with Crippen LogP contribution >= 0.6 is 0 Å². The monoisotopic (exact) mass is 566 g/mol. The van der Waals surface area contributed by atoms with Gasteiger partial charge in [-0.3, -0.25) is 9.59 Å². The highest BCUT2D eigenvalue weighted by Gasteiger charge is 2.30. The molecule has 0 aliphatic carbocycles. The van der Waals surface area contributed by atoms with Crippen molar-refractivity contribution in [2.45, 2.75) is 72.9 Å². The molecule has 0 heterocycles. The molecular formula is C34H41F3N2O2. The first-order chi connectivity index (χ1) is 19.3. The van der Waals surface area contributed by atoms with Crippen molar-refractivity contribution in [2.24, 2.45) is 10.7 Å². The third-order valence-electron chi connectivity index (χ3n) is 6.14. The Morgan fingerprint density at radius 2 is 1.27 bits per heavy atom. The number of aliphatic imine (C=N–C) groups is 1. The molecule has 0 saturated heterocycles. The molecule has 4 nitrogen and oxygen atoms in total. The lowest BCUT2D eigenvalue weighted by molar-refractivity contribution is -0.137. The smallest absolute Gasteiger partial charge is 0.387 e. The van der Waals surface area contributed by atoms with E-state index in [0.29, 0.717) is 11.8 Å². The maximum absolute atomic E-state index is 12.0. The van der Waals surface area contributed by atoms with E-state index in [-0.39, 0.29) is 17.1 Å².